The first-order valence-electron chi connectivity index (χ1n) is 11.9. The molecule has 3 aliphatic heterocycles. The van der Waals surface area contributed by atoms with E-state index < -0.39 is 5.41 Å². The summed E-state index contributed by atoms with van der Waals surface area (Å²) in [4.78, 5) is 19.1. The quantitative estimate of drug-likeness (QED) is 0.522. The summed E-state index contributed by atoms with van der Waals surface area (Å²) < 4.78 is 5.35. The summed E-state index contributed by atoms with van der Waals surface area (Å²) in [5, 5.41) is 7.04. The molecule has 0 N–H and O–H groups in total. The number of piperazine rings is 1. The van der Waals surface area contributed by atoms with E-state index in [0.29, 0.717) is 11.4 Å². The Bertz CT molecular complexity index is 1310. The van der Waals surface area contributed by atoms with Gasteiger partial charge in [-0.3, -0.25) is 4.79 Å². The van der Waals surface area contributed by atoms with Crippen molar-refractivity contribution in [2.45, 2.75) is 19.4 Å². The lowest BCUT2D eigenvalue weighted by Gasteiger charge is -2.53. The van der Waals surface area contributed by atoms with Gasteiger partial charge in [0.2, 0.25) is 0 Å². The van der Waals surface area contributed by atoms with Crippen LogP contribution in [0.1, 0.15) is 12.5 Å². The SMILES string of the molecule is COc1ccc(N2CCN3c4ccccc4C[C@]4(C(=O)N(c5ccc(Cl)cc5)N=C4C)[C@@H]3C2)cc1. The average Bonchev–Trinajstić information content (AvgIpc) is 3.14. The molecule has 35 heavy (non-hydrogen) atoms. The molecule has 0 unspecified atom stereocenters. The third kappa shape index (κ3) is 3.39. The number of ether oxygens (including phenoxy) is 1. The van der Waals surface area contributed by atoms with Crippen LogP contribution in [0.3, 0.4) is 0 Å². The molecule has 1 spiro atoms. The highest BCUT2D eigenvalue weighted by atomic mass is 35.5. The zero-order chi connectivity index (χ0) is 24.2. The largest absolute Gasteiger partial charge is 0.497 e. The van der Waals surface area contributed by atoms with Gasteiger partial charge in [0.25, 0.3) is 5.91 Å². The van der Waals surface area contributed by atoms with Gasteiger partial charge in [-0.25, -0.2) is 0 Å². The summed E-state index contributed by atoms with van der Waals surface area (Å²) in [7, 11) is 1.68. The fourth-order valence-electron chi connectivity index (χ4n) is 5.85. The first-order chi connectivity index (χ1) is 17.0. The van der Waals surface area contributed by atoms with Crippen LogP contribution in [0.5, 0.6) is 5.75 Å². The lowest BCUT2D eigenvalue weighted by atomic mass is 9.67. The highest BCUT2D eigenvalue weighted by molar-refractivity contribution is 6.30. The lowest BCUT2D eigenvalue weighted by Crippen LogP contribution is -2.67. The zero-order valence-corrected chi connectivity index (χ0v) is 20.6. The Balaban J connectivity index is 1.42. The first kappa shape index (κ1) is 22.0. The predicted molar refractivity (Wildman–Crippen MR) is 141 cm³/mol. The molecule has 6 nitrogen and oxygen atoms in total. The maximum Gasteiger partial charge on any atom is 0.261 e. The molecule has 0 aromatic heterocycles. The van der Waals surface area contributed by atoms with Crippen molar-refractivity contribution in [1.82, 2.24) is 0 Å². The van der Waals surface area contributed by atoms with Gasteiger partial charge in [0, 0.05) is 36.0 Å². The van der Waals surface area contributed by atoms with Crippen LogP contribution in [0.4, 0.5) is 17.1 Å². The van der Waals surface area contributed by atoms with Gasteiger partial charge in [0.1, 0.15) is 11.2 Å². The topological polar surface area (TPSA) is 48.4 Å². The van der Waals surface area contributed by atoms with Gasteiger partial charge < -0.3 is 14.5 Å². The highest BCUT2D eigenvalue weighted by Crippen LogP contribution is 2.48. The smallest absolute Gasteiger partial charge is 0.261 e. The van der Waals surface area contributed by atoms with Crippen molar-refractivity contribution in [2.75, 3.05) is 41.6 Å². The molecule has 7 heteroatoms. The van der Waals surface area contributed by atoms with E-state index in [1.54, 1.807) is 24.3 Å². The molecule has 1 amide bonds. The normalized spacial score (nSPS) is 23.3. The van der Waals surface area contributed by atoms with E-state index in [0.717, 1.165) is 42.5 Å². The lowest BCUT2D eigenvalue weighted by molar-refractivity contribution is -0.125. The van der Waals surface area contributed by atoms with E-state index in [1.807, 2.05) is 31.2 Å². The van der Waals surface area contributed by atoms with E-state index in [9.17, 15) is 4.79 Å². The molecule has 0 bridgehead atoms. The van der Waals surface area contributed by atoms with Crippen LogP contribution in [0.25, 0.3) is 0 Å². The number of methoxy groups -OCH3 is 1. The average molecular weight is 487 g/mol. The molecule has 0 radical (unpaired) electrons. The Labute approximate surface area is 210 Å². The van der Waals surface area contributed by atoms with E-state index in [1.165, 1.54) is 11.3 Å². The number of nitrogens with zero attached hydrogens (tertiary/aromatic N) is 4. The summed E-state index contributed by atoms with van der Waals surface area (Å²) in [5.74, 6) is 0.862. The molecule has 1 saturated heterocycles. The first-order valence-corrected chi connectivity index (χ1v) is 12.3. The van der Waals surface area contributed by atoms with Gasteiger partial charge in [-0.1, -0.05) is 29.8 Å². The van der Waals surface area contributed by atoms with Crippen LogP contribution in [-0.4, -0.2) is 44.4 Å². The van der Waals surface area contributed by atoms with Crippen LogP contribution >= 0.6 is 11.6 Å². The number of fused-ring (bicyclic) bond motifs is 4. The molecule has 3 aliphatic rings. The van der Waals surface area contributed by atoms with Gasteiger partial charge in [-0.15, -0.1) is 0 Å². The number of amides is 1. The number of halogens is 1. The summed E-state index contributed by atoms with van der Waals surface area (Å²) in [5.41, 5.74) is 4.42. The highest BCUT2D eigenvalue weighted by Gasteiger charge is 2.59. The minimum absolute atomic E-state index is 0.0263. The zero-order valence-electron chi connectivity index (χ0n) is 19.8. The molecule has 1 fully saturated rings. The fourth-order valence-corrected chi connectivity index (χ4v) is 5.98. The number of benzene rings is 3. The van der Waals surface area contributed by atoms with Crippen molar-refractivity contribution in [2.24, 2.45) is 10.5 Å². The summed E-state index contributed by atoms with van der Waals surface area (Å²) in [6.07, 6.45) is 0.638. The second-order valence-corrected chi connectivity index (χ2v) is 9.85. The van der Waals surface area contributed by atoms with Gasteiger partial charge in [-0.05, 0) is 73.5 Å². The Morgan fingerprint density at radius 3 is 2.43 bits per heavy atom. The molecular weight excluding hydrogens is 460 g/mol. The summed E-state index contributed by atoms with van der Waals surface area (Å²) in [6.45, 7) is 4.44. The Morgan fingerprint density at radius 2 is 1.69 bits per heavy atom. The van der Waals surface area contributed by atoms with Gasteiger partial charge in [0.05, 0.1) is 24.6 Å². The number of para-hydroxylation sites is 1. The van der Waals surface area contributed by atoms with Crippen molar-refractivity contribution in [3.05, 3.63) is 83.4 Å². The summed E-state index contributed by atoms with van der Waals surface area (Å²) >= 11 is 6.11. The van der Waals surface area contributed by atoms with Crippen LogP contribution < -0.4 is 19.5 Å². The van der Waals surface area contributed by atoms with Crippen molar-refractivity contribution in [3.8, 4) is 5.75 Å². The van der Waals surface area contributed by atoms with E-state index in [-0.39, 0.29) is 11.9 Å². The Hall–Kier alpha value is -3.51. The second-order valence-electron chi connectivity index (χ2n) is 9.41. The molecule has 3 heterocycles. The fraction of sp³-hybridized carbons (Fsp3) is 0.286. The molecule has 3 aromatic carbocycles. The monoisotopic (exact) mass is 486 g/mol. The van der Waals surface area contributed by atoms with Crippen LogP contribution in [0, 0.1) is 5.41 Å². The number of anilines is 3. The number of hydrogen-bond acceptors (Lipinski definition) is 5. The number of carbonyl (C=O) groups is 1. The van der Waals surface area contributed by atoms with Crippen LogP contribution in [0.15, 0.2) is 77.9 Å². The molecule has 0 aliphatic carbocycles. The molecule has 6 rings (SSSR count). The van der Waals surface area contributed by atoms with Crippen molar-refractivity contribution >= 4 is 40.3 Å². The van der Waals surface area contributed by atoms with Crippen molar-refractivity contribution in [1.29, 1.82) is 0 Å². The third-order valence-electron chi connectivity index (χ3n) is 7.70. The third-order valence-corrected chi connectivity index (χ3v) is 7.95. The molecule has 178 valence electrons. The number of hydrazone groups is 1. The molecule has 3 aromatic rings. The van der Waals surface area contributed by atoms with Crippen molar-refractivity contribution < 1.29 is 9.53 Å². The van der Waals surface area contributed by atoms with Gasteiger partial charge >= 0.3 is 0 Å². The predicted octanol–water partition coefficient (Wildman–Crippen LogP) is 5.01. The standard InChI is InChI=1S/C28H27ClN4O2/c1-19-28(27(34)33(30-19)23-9-7-21(29)8-10-23)17-20-5-3-4-6-25(20)32-16-15-31(18-26(28)32)22-11-13-24(35-2)14-12-22/h3-14,26H,15-18H2,1-2H3/t26-,28+/m0/s1. The molecule has 2 atom stereocenters. The Morgan fingerprint density at radius 1 is 0.971 bits per heavy atom. The minimum atomic E-state index is -0.737. The van der Waals surface area contributed by atoms with Crippen LogP contribution in [-0.2, 0) is 11.2 Å². The Kier molecular flexibility index (Phi) is 5.22. The van der Waals surface area contributed by atoms with E-state index in [4.69, 9.17) is 21.4 Å². The van der Waals surface area contributed by atoms with Gasteiger partial charge in [0.15, 0.2) is 0 Å². The van der Waals surface area contributed by atoms with Crippen LogP contribution in [0.2, 0.25) is 5.02 Å². The van der Waals surface area contributed by atoms with Gasteiger partial charge in [-0.2, -0.15) is 10.1 Å². The van der Waals surface area contributed by atoms with E-state index in [2.05, 4.69) is 46.2 Å². The molecule has 0 saturated carbocycles. The van der Waals surface area contributed by atoms with Crippen molar-refractivity contribution in [3.63, 3.8) is 0 Å². The number of rotatable bonds is 3. The summed E-state index contributed by atoms with van der Waals surface area (Å²) in [6, 6.07) is 23.9. The maximum absolute atomic E-state index is 14.3. The second kappa shape index (κ2) is 8.31. The maximum atomic E-state index is 14.3. The number of hydrogen-bond donors (Lipinski definition) is 0. The number of carbonyl (C=O) groups excluding carboxylic acids is 1. The minimum Gasteiger partial charge on any atom is -0.497 e. The molecular formula is C28H27ClN4O2. The van der Waals surface area contributed by atoms with E-state index >= 15 is 0 Å².